The van der Waals surface area contributed by atoms with E-state index in [0.717, 1.165) is 5.56 Å². The zero-order valence-electron chi connectivity index (χ0n) is 6.90. The average molecular weight is 194 g/mol. The monoisotopic (exact) mass is 194 g/mol. The minimum Gasteiger partial charge on any atom is -0.772 e. The molecule has 0 amide bonds. The maximum Gasteiger partial charge on any atom is 0.0991 e. The van der Waals surface area contributed by atoms with Crippen LogP contribution < -0.4 is 0 Å². The number of nitriles is 1. The Balaban J connectivity index is 2.60. The summed E-state index contributed by atoms with van der Waals surface area (Å²) in [6.45, 7) is 0. The minimum atomic E-state index is -1.99. The summed E-state index contributed by atoms with van der Waals surface area (Å²) in [6, 6.07) is 8.90. The van der Waals surface area contributed by atoms with Crippen LogP contribution in [0.2, 0.25) is 0 Å². The number of hydrogen-bond donors (Lipinski definition) is 0. The van der Waals surface area contributed by atoms with Gasteiger partial charge < -0.3 is 4.55 Å². The van der Waals surface area contributed by atoms with Gasteiger partial charge in [-0.05, 0) is 24.1 Å². The first-order valence-electron chi connectivity index (χ1n) is 3.77. The fourth-order valence-corrected chi connectivity index (χ4v) is 1.35. The zero-order chi connectivity index (χ0) is 9.68. The molecule has 4 heteroatoms. The highest BCUT2D eigenvalue weighted by Crippen LogP contribution is 2.04. The first kappa shape index (κ1) is 9.90. The van der Waals surface area contributed by atoms with Crippen LogP contribution in [0, 0.1) is 11.3 Å². The molecule has 1 aromatic rings. The topological polar surface area (TPSA) is 63.9 Å². The van der Waals surface area contributed by atoms with E-state index in [4.69, 9.17) is 5.26 Å². The Morgan fingerprint density at radius 2 is 2.00 bits per heavy atom. The van der Waals surface area contributed by atoms with Crippen molar-refractivity contribution in [3.63, 3.8) is 0 Å². The molecule has 0 aliphatic carbocycles. The van der Waals surface area contributed by atoms with Crippen molar-refractivity contribution in [3.05, 3.63) is 35.4 Å². The molecular weight excluding hydrogens is 186 g/mol. The van der Waals surface area contributed by atoms with Crippen molar-refractivity contribution < 1.29 is 8.76 Å². The zero-order valence-corrected chi connectivity index (χ0v) is 7.71. The van der Waals surface area contributed by atoms with Crippen LogP contribution in [0.1, 0.15) is 11.1 Å². The molecule has 1 aromatic carbocycles. The third-order valence-corrected chi connectivity index (χ3v) is 2.18. The highest BCUT2D eigenvalue weighted by molar-refractivity contribution is 7.79. The predicted octanol–water partition coefficient (Wildman–Crippen LogP) is 0.980. The van der Waals surface area contributed by atoms with Gasteiger partial charge in [0.1, 0.15) is 0 Å². The average Bonchev–Trinajstić information content (AvgIpc) is 2.15. The second kappa shape index (κ2) is 4.75. The van der Waals surface area contributed by atoms with Crippen LogP contribution in [-0.4, -0.2) is 14.5 Å². The summed E-state index contributed by atoms with van der Waals surface area (Å²) in [5.41, 5.74) is 1.52. The Hall–Kier alpha value is -1.18. The van der Waals surface area contributed by atoms with Crippen molar-refractivity contribution in [2.75, 3.05) is 5.75 Å². The predicted molar refractivity (Wildman–Crippen MR) is 48.6 cm³/mol. The van der Waals surface area contributed by atoms with E-state index < -0.39 is 11.1 Å². The fourth-order valence-electron chi connectivity index (χ4n) is 0.947. The van der Waals surface area contributed by atoms with Gasteiger partial charge in [0.25, 0.3) is 0 Å². The third kappa shape index (κ3) is 3.36. The van der Waals surface area contributed by atoms with Gasteiger partial charge in [-0.1, -0.05) is 23.2 Å². The van der Waals surface area contributed by atoms with Crippen LogP contribution in [0.4, 0.5) is 0 Å². The lowest BCUT2D eigenvalue weighted by molar-refractivity contribution is 0.536. The van der Waals surface area contributed by atoms with Gasteiger partial charge in [0, 0.05) is 5.75 Å². The van der Waals surface area contributed by atoms with Gasteiger partial charge in [-0.2, -0.15) is 5.26 Å². The van der Waals surface area contributed by atoms with Crippen molar-refractivity contribution in [2.45, 2.75) is 6.42 Å². The molecule has 3 nitrogen and oxygen atoms in total. The van der Waals surface area contributed by atoms with Gasteiger partial charge in [-0.15, -0.1) is 0 Å². The number of nitrogens with zero attached hydrogens (tertiary/aromatic N) is 1. The standard InChI is InChI=1S/C9H9NO2S/c10-7-9-3-1-8(2-4-9)5-6-13(11)12/h1-4H,5-6H2,(H,11,12)/p-1. The summed E-state index contributed by atoms with van der Waals surface area (Å²) < 4.78 is 20.5. The number of hydrogen-bond acceptors (Lipinski definition) is 3. The molecule has 0 fully saturated rings. The molecule has 0 aliphatic rings. The second-order valence-electron chi connectivity index (χ2n) is 2.57. The van der Waals surface area contributed by atoms with Crippen molar-refractivity contribution in [3.8, 4) is 6.07 Å². The Morgan fingerprint density at radius 3 is 2.46 bits per heavy atom. The molecule has 0 saturated heterocycles. The van der Waals surface area contributed by atoms with E-state index in [0.29, 0.717) is 12.0 Å². The Morgan fingerprint density at radius 1 is 1.38 bits per heavy atom. The molecule has 0 spiro atoms. The molecule has 1 atom stereocenters. The highest BCUT2D eigenvalue weighted by Gasteiger charge is 1.93. The smallest absolute Gasteiger partial charge is 0.0991 e. The van der Waals surface area contributed by atoms with Crippen LogP contribution in [0.3, 0.4) is 0 Å². The molecule has 0 bridgehead atoms. The van der Waals surface area contributed by atoms with Gasteiger partial charge in [0.2, 0.25) is 0 Å². The van der Waals surface area contributed by atoms with E-state index in [9.17, 15) is 8.76 Å². The second-order valence-corrected chi connectivity index (χ2v) is 3.58. The normalized spacial score (nSPS) is 12.0. The molecule has 68 valence electrons. The van der Waals surface area contributed by atoms with Crippen LogP contribution in [-0.2, 0) is 17.5 Å². The van der Waals surface area contributed by atoms with Gasteiger partial charge in [0.15, 0.2) is 0 Å². The molecule has 0 aliphatic heterocycles. The van der Waals surface area contributed by atoms with Gasteiger partial charge in [-0.25, -0.2) is 0 Å². The van der Waals surface area contributed by atoms with Crippen LogP contribution >= 0.6 is 0 Å². The van der Waals surface area contributed by atoms with Crippen molar-refractivity contribution >= 4 is 11.1 Å². The molecule has 0 radical (unpaired) electrons. The lowest BCUT2D eigenvalue weighted by Gasteiger charge is -2.04. The number of benzene rings is 1. The minimum absolute atomic E-state index is 0.131. The van der Waals surface area contributed by atoms with E-state index in [2.05, 4.69) is 0 Å². The summed E-state index contributed by atoms with van der Waals surface area (Å²) in [7, 11) is 0. The molecular formula is C9H8NO2S-. The first-order valence-corrected chi connectivity index (χ1v) is 5.01. The Kier molecular flexibility index (Phi) is 3.62. The summed E-state index contributed by atoms with van der Waals surface area (Å²) in [6.07, 6.45) is 0.502. The number of aryl methyl sites for hydroxylation is 1. The van der Waals surface area contributed by atoms with Crippen molar-refractivity contribution in [1.29, 1.82) is 5.26 Å². The van der Waals surface area contributed by atoms with Crippen LogP contribution in [0.5, 0.6) is 0 Å². The van der Waals surface area contributed by atoms with E-state index in [1.54, 1.807) is 24.3 Å². The van der Waals surface area contributed by atoms with E-state index in [1.807, 2.05) is 6.07 Å². The van der Waals surface area contributed by atoms with Crippen molar-refractivity contribution in [1.82, 2.24) is 0 Å². The lowest BCUT2D eigenvalue weighted by atomic mass is 10.1. The summed E-state index contributed by atoms with van der Waals surface area (Å²) in [4.78, 5) is 0. The van der Waals surface area contributed by atoms with E-state index in [1.165, 1.54) is 0 Å². The molecule has 13 heavy (non-hydrogen) atoms. The van der Waals surface area contributed by atoms with Gasteiger partial charge in [0.05, 0.1) is 11.6 Å². The summed E-state index contributed by atoms with van der Waals surface area (Å²) in [5.74, 6) is 0.131. The molecule has 1 unspecified atom stereocenters. The van der Waals surface area contributed by atoms with Gasteiger partial charge in [-0.3, -0.25) is 4.21 Å². The molecule has 0 heterocycles. The molecule has 0 saturated carbocycles. The maximum atomic E-state index is 10.2. The molecule has 1 rings (SSSR count). The SMILES string of the molecule is N#Cc1ccc(CCS(=O)[O-])cc1. The Bertz CT molecular complexity index is 340. The number of rotatable bonds is 3. The first-order chi connectivity index (χ1) is 6.22. The third-order valence-electron chi connectivity index (χ3n) is 1.64. The van der Waals surface area contributed by atoms with Crippen molar-refractivity contribution in [2.24, 2.45) is 0 Å². The molecule has 0 aromatic heterocycles. The lowest BCUT2D eigenvalue weighted by Crippen LogP contribution is -1.99. The maximum absolute atomic E-state index is 10.2. The summed E-state index contributed by atoms with van der Waals surface area (Å²) >= 11 is -1.99. The van der Waals surface area contributed by atoms with Crippen LogP contribution in [0.15, 0.2) is 24.3 Å². The Labute approximate surface area is 79.3 Å². The fraction of sp³-hybridized carbons (Fsp3) is 0.222. The quantitative estimate of drug-likeness (QED) is 0.674. The van der Waals surface area contributed by atoms with E-state index in [-0.39, 0.29) is 5.75 Å². The largest absolute Gasteiger partial charge is 0.772 e. The summed E-state index contributed by atoms with van der Waals surface area (Å²) in [5, 5.41) is 8.50. The van der Waals surface area contributed by atoms with E-state index >= 15 is 0 Å². The van der Waals surface area contributed by atoms with Crippen LogP contribution in [0.25, 0.3) is 0 Å². The molecule has 0 N–H and O–H groups in total. The van der Waals surface area contributed by atoms with Gasteiger partial charge >= 0.3 is 0 Å². The highest BCUT2D eigenvalue weighted by atomic mass is 32.2.